The predicted molar refractivity (Wildman–Crippen MR) is 73.6 cm³/mol. The summed E-state index contributed by atoms with van der Waals surface area (Å²) in [5.74, 6) is 0.440. The summed E-state index contributed by atoms with van der Waals surface area (Å²) in [5, 5.41) is 2.88. The van der Waals surface area contributed by atoms with Gasteiger partial charge in [0.2, 0.25) is 0 Å². The Bertz CT molecular complexity index is 405. The lowest BCUT2D eigenvalue weighted by Gasteiger charge is -2.14. The first kappa shape index (κ1) is 14.4. The Morgan fingerprint density at radius 2 is 2.22 bits per heavy atom. The van der Waals surface area contributed by atoms with Gasteiger partial charge in [0.1, 0.15) is 5.75 Å². The van der Waals surface area contributed by atoms with Crippen LogP contribution < -0.4 is 15.8 Å². The number of benzene rings is 1. The summed E-state index contributed by atoms with van der Waals surface area (Å²) in [6.07, 6.45) is 2.02. The van der Waals surface area contributed by atoms with Crippen LogP contribution in [0.15, 0.2) is 18.2 Å². The molecule has 18 heavy (non-hydrogen) atoms. The van der Waals surface area contributed by atoms with Gasteiger partial charge in [0.05, 0.1) is 5.69 Å². The minimum absolute atomic E-state index is 0.00130. The molecule has 4 nitrogen and oxygen atoms in total. The fraction of sp³-hybridized carbons (Fsp3) is 0.500. The zero-order valence-corrected chi connectivity index (χ0v) is 11.3. The van der Waals surface area contributed by atoms with Crippen LogP contribution in [-0.2, 0) is 4.79 Å². The van der Waals surface area contributed by atoms with E-state index in [0.29, 0.717) is 11.4 Å². The smallest absolute Gasteiger partial charge is 0.258 e. The second kappa shape index (κ2) is 6.89. The van der Waals surface area contributed by atoms with Crippen molar-refractivity contribution in [1.82, 2.24) is 5.32 Å². The molecule has 0 aromatic heterocycles. The molecule has 4 heteroatoms. The lowest BCUT2D eigenvalue weighted by Crippen LogP contribution is -2.36. The van der Waals surface area contributed by atoms with Crippen molar-refractivity contribution < 1.29 is 9.53 Å². The Balaban J connectivity index is 2.42. The summed E-state index contributed by atoms with van der Waals surface area (Å²) in [6, 6.07) is 5.70. The van der Waals surface area contributed by atoms with Gasteiger partial charge in [-0.3, -0.25) is 4.79 Å². The lowest BCUT2D eigenvalue weighted by atomic mass is 10.2. The van der Waals surface area contributed by atoms with Crippen molar-refractivity contribution >= 4 is 11.6 Å². The monoisotopic (exact) mass is 250 g/mol. The summed E-state index contributed by atoms with van der Waals surface area (Å²) in [5.41, 5.74) is 7.43. The molecule has 0 heterocycles. The molecule has 0 saturated carbocycles. The number of aryl methyl sites for hydroxylation is 1. The molecule has 3 N–H and O–H groups in total. The molecule has 1 amide bonds. The SMILES string of the molecule is CCCC(C)NC(=O)COc1ccc(C)cc1N. The quantitative estimate of drug-likeness (QED) is 0.761. The summed E-state index contributed by atoms with van der Waals surface area (Å²) in [7, 11) is 0. The molecular weight excluding hydrogens is 228 g/mol. The number of carbonyl (C=O) groups excluding carboxylic acids is 1. The zero-order chi connectivity index (χ0) is 13.5. The number of carbonyl (C=O) groups is 1. The first-order valence-corrected chi connectivity index (χ1v) is 6.31. The topological polar surface area (TPSA) is 64.3 Å². The van der Waals surface area contributed by atoms with E-state index in [-0.39, 0.29) is 18.6 Å². The number of rotatable bonds is 6. The average molecular weight is 250 g/mol. The predicted octanol–water partition coefficient (Wildman–Crippen LogP) is 2.26. The van der Waals surface area contributed by atoms with Gasteiger partial charge in [-0.25, -0.2) is 0 Å². The van der Waals surface area contributed by atoms with Gasteiger partial charge in [0, 0.05) is 6.04 Å². The molecule has 0 aliphatic carbocycles. The molecule has 0 saturated heterocycles. The molecule has 100 valence electrons. The third-order valence-corrected chi connectivity index (χ3v) is 2.65. The number of nitrogens with two attached hydrogens (primary N) is 1. The Kier molecular flexibility index (Phi) is 5.49. The standard InChI is InChI=1S/C14H22N2O2/c1-4-5-11(3)16-14(17)9-18-13-7-6-10(2)8-12(13)15/h6-8,11H,4-5,9,15H2,1-3H3,(H,16,17). The van der Waals surface area contributed by atoms with Gasteiger partial charge in [-0.15, -0.1) is 0 Å². The fourth-order valence-electron chi connectivity index (χ4n) is 1.76. The maximum Gasteiger partial charge on any atom is 0.258 e. The van der Waals surface area contributed by atoms with E-state index in [4.69, 9.17) is 10.5 Å². The minimum Gasteiger partial charge on any atom is -0.482 e. The number of amides is 1. The lowest BCUT2D eigenvalue weighted by molar-refractivity contribution is -0.123. The highest BCUT2D eigenvalue weighted by Crippen LogP contribution is 2.21. The van der Waals surface area contributed by atoms with Crippen LogP contribution in [-0.4, -0.2) is 18.6 Å². The molecule has 0 bridgehead atoms. The summed E-state index contributed by atoms with van der Waals surface area (Å²) in [4.78, 5) is 11.6. The van der Waals surface area contributed by atoms with E-state index in [1.54, 1.807) is 6.07 Å². The van der Waals surface area contributed by atoms with Crippen LogP contribution >= 0.6 is 0 Å². The Morgan fingerprint density at radius 3 is 2.83 bits per heavy atom. The third-order valence-electron chi connectivity index (χ3n) is 2.65. The van der Waals surface area contributed by atoms with E-state index in [9.17, 15) is 4.79 Å². The van der Waals surface area contributed by atoms with Crippen molar-refractivity contribution in [1.29, 1.82) is 0 Å². The number of hydrogen-bond donors (Lipinski definition) is 2. The molecule has 0 aliphatic rings. The van der Waals surface area contributed by atoms with Crippen molar-refractivity contribution in [3.05, 3.63) is 23.8 Å². The summed E-state index contributed by atoms with van der Waals surface area (Å²) in [6.45, 7) is 6.04. The van der Waals surface area contributed by atoms with Crippen LogP contribution in [0.5, 0.6) is 5.75 Å². The number of anilines is 1. The summed E-state index contributed by atoms with van der Waals surface area (Å²) < 4.78 is 5.40. The molecule has 1 rings (SSSR count). The second-order valence-corrected chi connectivity index (χ2v) is 4.59. The van der Waals surface area contributed by atoms with Gasteiger partial charge in [-0.2, -0.15) is 0 Å². The summed E-state index contributed by atoms with van der Waals surface area (Å²) >= 11 is 0. The van der Waals surface area contributed by atoms with E-state index in [1.807, 2.05) is 26.0 Å². The first-order chi connectivity index (χ1) is 8.52. The van der Waals surface area contributed by atoms with E-state index < -0.39 is 0 Å². The van der Waals surface area contributed by atoms with E-state index >= 15 is 0 Å². The molecule has 0 aliphatic heterocycles. The van der Waals surface area contributed by atoms with Crippen molar-refractivity contribution in [2.75, 3.05) is 12.3 Å². The van der Waals surface area contributed by atoms with Gasteiger partial charge in [0.25, 0.3) is 5.91 Å². The largest absolute Gasteiger partial charge is 0.482 e. The number of nitrogens with one attached hydrogen (secondary N) is 1. The average Bonchev–Trinajstić information content (AvgIpc) is 2.28. The van der Waals surface area contributed by atoms with Gasteiger partial charge >= 0.3 is 0 Å². The van der Waals surface area contributed by atoms with Crippen molar-refractivity contribution in [2.45, 2.75) is 39.7 Å². The maximum absolute atomic E-state index is 11.6. The van der Waals surface area contributed by atoms with E-state index in [2.05, 4.69) is 12.2 Å². The van der Waals surface area contributed by atoms with Crippen molar-refractivity contribution in [3.8, 4) is 5.75 Å². The normalized spacial score (nSPS) is 11.9. The van der Waals surface area contributed by atoms with Crippen LogP contribution in [0.25, 0.3) is 0 Å². The third kappa shape index (κ3) is 4.65. The van der Waals surface area contributed by atoms with Gasteiger partial charge < -0.3 is 15.8 Å². The number of nitrogen functional groups attached to an aromatic ring is 1. The number of ether oxygens (including phenoxy) is 1. The van der Waals surface area contributed by atoms with E-state index in [0.717, 1.165) is 18.4 Å². The van der Waals surface area contributed by atoms with Crippen molar-refractivity contribution in [3.63, 3.8) is 0 Å². The van der Waals surface area contributed by atoms with Crippen LogP contribution in [0.2, 0.25) is 0 Å². The first-order valence-electron chi connectivity index (χ1n) is 6.31. The molecular formula is C14H22N2O2. The minimum atomic E-state index is -0.115. The Morgan fingerprint density at radius 1 is 1.50 bits per heavy atom. The number of hydrogen-bond acceptors (Lipinski definition) is 3. The van der Waals surface area contributed by atoms with Crippen LogP contribution in [0, 0.1) is 6.92 Å². The maximum atomic E-state index is 11.6. The molecule has 0 spiro atoms. The second-order valence-electron chi connectivity index (χ2n) is 4.59. The molecule has 1 atom stereocenters. The van der Waals surface area contributed by atoms with Gasteiger partial charge in [-0.05, 0) is 38.0 Å². The van der Waals surface area contributed by atoms with Crippen LogP contribution in [0.4, 0.5) is 5.69 Å². The molecule has 1 aromatic rings. The Hall–Kier alpha value is -1.71. The molecule has 1 unspecified atom stereocenters. The molecule has 1 aromatic carbocycles. The zero-order valence-electron chi connectivity index (χ0n) is 11.3. The van der Waals surface area contributed by atoms with Crippen LogP contribution in [0.3, 0.4) is 0 Å². The molecule has 0 radical (unpaired) electrons. The highest BCUT2D eigenvalue weighted by atomic mass is 16.5. The highest BCUT2D eigenvalue weighted by molar-refractivity contribution is 5.78. The Labute approximate surface area is 109 Å². The van der Waals surface area contributed by atoms with Crippen LogP contribution in [0.1, 0.15) is 32.3 Å². The van der Waals surface area contributed by atoms with Gasteiger partial charge in [-0.1, -0.05) is 19.4 Å². The molecule has 0 fully saturated rings. The van der Waals surface area contributed by atoms with E-state index in [1.165, 1.54) is 0 Å². The highest BCUT2D eigenvalue weighted by Gasteiger charge is 2.08. The fourth-order valence-corrected chi connectivity index (χ4v) is 1.76. The van der Waals surface area contributed by atoms with Crippen molar-refractivity contribution in [2.24, 2.45) is 0 Å². The van der Waals surface area contributed by atoms with Gasteiger partial charge in [0.15, 0.2) is 6.61 Å².